The molecule has 4 rings (SSSR count). The molecule has 0 saturated heterocycles. The van der Waals surface area contributed by atoms with Gasteiger partial charge in [0.15, 0.2) is 0 Å². The number of hydrogen-bond donors (Lipinski definition) is 4. The van der Waals surface area contributed by atoms with Crippen molar-refractivity contribution in [3.8, 4) is 5.69 Å². The third-order valence-electron chi connectivity index (χ3n) is 7.37. The maximum atomic E-state index is 13.1. The molecule has 1 aliphatic carbocycles. The largest absolute Gasteiger partial charge is 0.461 e. The summed E-state index contributed by atoms with van der Waals surface area (Å²) in [5.41, 5.74) is 15.3. The molecule has 6 N–H and O–H groups in total. The number of anilines is 1. The van der Waals surface area contributed by atoms with Gasteiger partial charge >= 0.3 is 5.97 Å². The summed E-state index contributed by atoms with van der Waals surface area (Å²) < 4.78 is 33.3. The van der Waals surface area contributed by atoms with Crippen LogP contribution in [0.15, 0.2) is 24.4 Å². The molecule has 0 unspecified atom stereocenters. The lowest BCUT2D eigenvalue weighted by molar-refractivity contribution is -0.148. The number of fused-ring (bicyclic) bond motifs is 1. The molecule has 2 aliphatic rings. The molecule has 220 valence electrons. The average Bonchev–Trinajstić information content (AvgIpc) is 3.17. The first-order valence-electron chi connectivity index (χ1n) is 13.0. The highest BCUT2D eigenvalue weighted by Gasteiger charge is 2.39. The van der Waals surface area contributed by atoms with E-state index in [1.807, 2.05) is 32.3 Å². The Hall–Kier alpha value is -3.42. The quantitative estimate of drug-likeness (QED) is 0.294. The van der Waals surface area contributed by atoms with Gasteiger partial charge in [0.25, 0.3) is 21.9 Å². The van der Waals surface area contributed by atoms with E-state index in [0.717, 1.165) is 48.2 Å². The Labute approximate surface area is 234 Å². The summed E-state index contributed by atoms with van der Waals surface area (Å²) in [4.78, 5) is 38.5. The Kier molecular flexibility index (Phi) is 9.32. The van der Waals surface area contributed by atoms with Crippen molar-refractivity contribution in [2.45, 2.75) is 70.6 Å². The minimum Gasteiger partial charge on any atom is -0.461 e. The number of esters is 1. The molecule has 1 aromatic heterocycles. The SMILES string of the molecule is CS(=O)(=O)O.Cc1cn(-c2ccc(C(N)=O)c(NC3CCC(OC(=O)CN)CC3)c2)c2c1C(=O)N(C)C(C)(C)C2. The van der Waals surface area contributed by atoms with Gasteiger partial charge in [-0.05, 0) is 70.2 Å². The number of aryl methyl sites for hydroxylation is 1. The van der Waals surface area contributed by atoms with Gasteiger partial charge in [0, 0.05) is 48.3 Å². The van der Waals surface area contributed by atoms with Crippen LogP contribution in [0.1, 0.15) is 71.5 Å². The van der Waals surface area contributed by atoms with Crippen molar-refractivity contribution < 1.29 is 32.1 Å². The van der Waals surface area contributed by atoms with Gasteiger partial charge in [0.2, 0.25) is 0 Å². The van der Waals surface area contributed by atoms with E-state index in [1.165, 1.54) is 0 Å². The highest BCUT2D eigenvalue weighted by molar-refractivity contribution is 7.85. The van der Waals surface area contributed by atoms with Crippen molar-refractivity contribution in [3.05, 3.63) is 46.8 Å². The van der Waals surface area contributed by atoms with Crippen LogP contribution in [-0.2, 0) is 26.1 Å². The van der Waals surface area contributed by atoms with Crippen molar-refractivity contribution >= 4 is 33.6 Å². The maximum Gasteiger partial charge on any atom is 0.319 e. The third-order valence-corrected chi connectivity index (χ3v) is 7.37. The number of amides is 2. The zero-order chi connectivity index (χ0) is 30.0. The molecule has 13 heteroatoms. The Bertz CT molecular complexity index is 1380. The summed E-state index contributed by atoms with van der Waals surface area (Å²) in [6.07, 6.45) is 6.32. The van der Waals surface area contributed by atoms with Gasteiger partial charge in [0.1, 0.15) is 6.10 Å². The van der Waals surface area contributed by atoms with E-state index < -0.39 is 16.0 Å². The molecule has 0 spiro atoms. The summed E-state index contributed by atoms with van der Waals surface area (Å²) in [5.74, 6) is -0.872. The molecule has 1 aromatic carbocycles. The predicted octanol–water partition coefficient (Wildman–Crippen LogP) is 2.02. The zero-order valence-electron chi connectivity index (χ0n) is 23.6. The standard InChI is InChI=1S/C26H35N5O4.CH4O3S/c1-15-14-31(21-12-26(2,3)30(4)25(34)23(15)21)17-7-10-19(24(28)33)20(11-17)29-16-5-8-18(9-6-16)35-22(32)13-27;1-5(2,3)4/h7,10-11,14,16,18,29H,5-6,8-9,12-13,27H2,1-4H3,(H2,28,33);1H3,(H,2,3,4). The van der Waals surface area contributed by atoms with E-state index >= 15 is 0 Å². The van der Waals surface area contributed by atoms with E-state index in [1.54, 1.807) is 11.0 Å². The minimum absolute atomic E-state index is 0.0201. The second-order valence-electron chi connectivity index (χ2n) is 11.0. The van der Waals surface area contributed by atoms with Crippen molar-refractivity contribution in [1.29, 1.82) is 0 Å². The van der Waals surface area contributed by atoms with Gasteiger partial charge in [0.05, 0.1) is 23.9 Å². The summed E-state index contributed by atoms with van der Waals surface area (Å²) in [6, 6.07) is 5.64. The number of nitrogens with two attached hydrogens (primary N) is 2. The molecule has 0 atom stereocenters. The van der Waals surface area contributed by atoms with Crippen LogP contribution in [0.4, 0.5) is 5.69 Å². The van der Waals surface area contributed by atoms with Gasteiger partial charge in [-0.2, -0.15) is 8.42 Å². The number of rotatable bonds is 6. The minimum atomic E-state index is -3.67. The smallest absolute Gasteiger partial charge is 0.319 e. The summed E-state index contributed by atoms with van der Waals surface area (Å²) in [5, 5.41) is 3.49. The second kappa shape index (κ2) is 12.0. The van der Waals surface area contributed by atoms with Crippen molar-refractivity contribution in [2.24, 2.45) is 11.5 Å². The van der Waals surface area contributed by atoms with Gasteiger partial charge in [-0.25, -0.2) is 0 Å². The van der Waals surface area contributed by atoms with E-state index in [2.05, 4.69) is 23.7 Å². The zero-order valence-corrected chi connectivity index (χ0v) is 24.4. The summed E-state index contributed by atoms with van der Waals surface area (Å²) in [6.45, 7) is 5.95. The second-order valence-corrected chi connectivity index (χ2v) is 12.5. The monoisotopic (exact) mass is 577 g/mol. The van der Waals surface area contributed by atoms with Gasteiger partial charge < -0.3 is 31.0 Å². The molecule has 0 bridgehead atoms. The lowest BCUT2D eigenvalue weighted by Crippen LogP contribution is -2.50. The van der Waals surface area contributed by atoms with Crippen LogP contribution in [0.25, 0.3) is 5.69 Å². The molecular formula is C27H39N5O7S. The molecule has 40 heavy (non-hydrogen) atoms. The maximum absolute atomic E-state index is 13.1. The lowest BCUT2D eigenvalue weighted by atomic mass is 9.88. The number of carbonyl (C=O) groups excluding carboxylic acids is 3. The van der Waals surface area contributed by atoms with Crippen LogP contribution in [0.2, 0.25) is 0 Å². The summed E-state index contributed by atoms with van der Waals surface area (Å²) in [7, 11) is -1.82. The number of aromatic nitrogens is 1. The number of primary amides is 1. The molecule has 1 aliphatic heterocycles. The van der Waals surface area contributed by atoms with E-state index in [4.69, 9.17) is 20.8 Å². The van der Waals surface area contributed by atoms with Gasteiger partial charge in [-0.3, -0.25) is 18.9 Å². The van der Waals surface area contributed by atoms with Crippen LogP contribution < -0.4 is 16.8 Å². The van der Waals surface area contributed by atoms with Crippen LogP contribution in [-0.4, -0.2) is 77.8 Å². The van der Waals surface area contributed by atoms with Gasteiger partial charge in [-0.15, -0.1) is 0 Å². The highest BCUT2D eigenvalue weighted by atomic mass is 32.2. The summed E-state index contributed by atoms with van der Waals surface area (Å²) >= 11 is 0. The van der Waals surface area contributed by atoms with E-state index in [9.17, 15) is 22.8 Å². The number of carbonyl (C=O) groups is 3. The van der Waals surface area contributed by atoms with E-state index in [0.29, 0.717) is 23.9 Å². The number of hydrogen-bond acceptors (Lipinski definition) is 8. The average molecular weight is 578 g/mol. The first-order chi connectivity index (χ1) is 18.5. The Morgan fingerprint density at radius 1 is 1.20 bits per heavy atom. The topological polar surface area (TPSA) is 187 Å². The van der Waals surface area contributed by atoms with Crippen LogP contribution in [0.5, 0.6) is 0 Å². The fourth-order valence-corrected chi connectivity index (χ4v) is 5.15. The first-order valence-corrected chi connectivity index (χ1v) is 14.9. The molecular weight excluding hydrogens is 538 g/mol. The first kappa shape index (κ1) is 31.1. The Morgan fingerprint density at radius 2 is 1.80 bits per heavy atom. The molecule has 12 nitrogen and oxygen atoms in total. The molecule has 0 radical (unpaired) electrons. The number of likely N-dealkylation sites (N-methyl/N-ethyl adjacent to an activating group) is 1. The lowest BCUT2D eigenvalue weighted by Gasteiger charge is -2.40. The van der Waals surface area contributed by atoms with Gasteiger partial charge in [-0.1, -0.05) is 0 Å². The fraction of sp³-hybridized carbons (Fsp3) is 0.519. The Morgan fingerprint density at radius 3 is 2.35 bits per heavy atom. The van der Waals surface area contributed by atoms with E-state index in [-0.39, 0.29) is 36.1 Å². The third kappa shape index (κ3) is 7.40. The molecule has 2 heterocycles. The molecule has 1 saturated carbocycles. The Balaban J connectivity index is 0.000000810. The molecule has 2 amide bonds. The van der Waals surface area contributed by atoms with Crippen molar-refractivity contribution in [3.63, 3.8) is 0 Å². The van der Waals surface area contributed by atoms with Crippen molar-refractivity contribution in [1.82, 2.24) is 9.47 Å². The van der Waals surface area contributed by atoms with Crippen LogP contribution in [0, 0.1) is 6.92 Å². The fourth-order valence-electron chi connectivity index (χ4n) is 5.15. The number of nitrogens with one attached hydrogen (secondary N) is 1. The highest BCUT2D eigenvalue weighted by Crippen LogP contribution is 2.35. The van der Waals surface area contributed by atoms with Crippen molar-refractivity contribution in [2.75, 3.05) is 25.2 Å². The van der Waals surface area contributed by atoms with Crippen LogP contribution in [0.3, 0.4) is 0 Å². The number of benzene rings is 1. The number of nitrogens with zero attached hydrogens (tertiary/aromatic N) is 2. The predicted molar refractivity (Wildman–Crippen MR) is 151 cm³/mol. The normalized spacial score (nSPS) is 20.2. The molecule has 2 aromatic rings. The molecule has 1 fully saturated rings. The van der Waals surface area contributed by atoms with Crippen LogP contribution >= 0.6 is 0 Å². The number of ether oxygens (including phenoxy) is 1.